The Morgan fingerprint density at radius 3 is 2.52 bits per heavy atom. The Hall–Kier alpha value is -2.07. The van der Waals surface area contributed by atoms with Crippen LogP contribution < -0.4 is 4.74 Å². The molecule has 0 saturated carbocycles. The van der Waals surface area contributed by atoms with Crippen molar-refractivity contribution in [1.82, 2.24) is 0 Å². The second-order valence-electron chi connectivity index (χ2n) is 4.95. The van der Waals surface area contributed by atoms with Gasteiger partial charge in [0.25, 0.3) is 0 Å². The van der Waals surface area contributed by atoms with Crippen LogP contribution in [0.3, 0.4) is 0 Å². The second-order valence-corrected chi connectivity index (χ2v) is 4.95. The number of aliphatic hydroxyl groups excluding tert-OH is 1. The predicted octanol–water partition coefficient (Wildman–Crippen LogP) is 3.47. The molecule has 0 aromatic heterocycles. The lowest BCUT2D eigenvalue weighted by Crippen LogP contribution is -2.05. The third-order valence-electron chi connectivity index (χ3n) is 3.41. The number of hydrogen-bond donors (Lipinski definition) is 2. The molecule has 0 spiro atoms. The van der Waals surface area contributed by atoms with Crippen molar-refractivity contribution in [2.24, 2.45) is 0 Å². The summed E-state index contributed by atoms with van der Waals surface area (Å²) in [6, 6.07) is 11.0. The average molecular weight is 288 g/mol. The number of hydrogen-bond acceptors (Lipinski definition) is 3. The summed E-state index contributed by atoms with van der Waals surface area (Å²) in [6.07, 6.45) is 3.58. The zero-order chi connectivity index (χ0) is 15.1. The normalized spacial score (nSPS) is 10.7. The second kappa shape index (κ2) is 7.64. The molecule has 4 nitrogen and oxygen atoms in total. The summed E-state index contributed by atoms with van der Waals surface area (Å²) in [4.78, 5) is 11.3. The highest BCUT2D eigenvalue weighted by Gasteiger charge is 2.14. The van der Waals surface area contributed by atoms with Crippen molar-refractivity contribution in [2.45, 2.75) is 25.7 Å². The zero-order valence-corrected chi connectivity index (χ0v) is 11.9. The molecular weight excluding hydrogens is 268 g/mol. The van der Waals surface area contributed by atoms with Crippen molar-refractivity contribution in [3.63, 3.8) is 0 Å². The van der Waals surface area contributed by atoms with Crippen LogP contribution >= 0.6 is 0 Å². The lowest BCUT2D eigenvalue weighted by Gasteiger charge is -2.12. The highest BCUT2D eigenvalue weighted by molar-refractivity contribution is 6.00. The van der Waals surface area contributed by atoms with Crippen LogP contribution in [0.1, 0.15) is 36.0 Å². The lowest BCUT2D eigenvalue weighted by molar-refractivity contribution is 0.0692. The number of carboxylic acids is 1. The summed E-state index contributed by atoms with van der Waals surface area (Å²) in [7, 11) is 0. The van der Waals surface area contributed by atoms with Crippen LogP contribution in [0.2, 0.25) is 0 Å². The fourth-order valence-electron chi connectivity index (χ4n) is 2.31. The van der Waals surface area contributed by atoms with Crippen LogP contribution in [0, 0.1) is 0 Å². The van der Waals surface area contributed by atoms with Gasteiger partial charge in [0.2, 0.25) is 0 Å². The first-order chi connectivity index (χ1) is 10.2. The molecule has 0 atom stereocenters. The molecule has 0 fully saturated rings. The molecule has 0 aliphatic heterocycles. The monoisotopic (exact) mass is 288 g/mol. The molecule has 0 bridgehead atoms. The molecule has 2 rings (SSSR count). The minimum Gasteiger partial charge on any atom is -0.492 e. The van der Waals surface area contributed by atoms with Crippen LogP contribution in [0.25, 0.3) is 10.8 Å². The van der Waals surface area contributed by atoms with Gasteiger partial charge >= 0.3 is 5.97 Å². The van der Waals surface area contributed by atoms with Gasteiger partial charge in [0.1, 0.15) is 11.3 Å². The zero-order valence-electron chi connectivity index (χ0n) is 11.9. The molecule has 0 heterocycles. The molecule has 0 aliphatic rings. The van der Waals surface area contributed by atoms with E-state index in [9.17, 15) is 9.90 Å². The lowest BCUT2D eigenvalue weighted by atomic mass is 10.1. The highest BCUT2D eigenvalue weighted by atomic mass is 16.5. The molecule has 0 saturated heterocycles. The summed E-state index contributed by atoms with van der Waals surface area (Å²) in [5, 5.41) is 19.8. The van der Waals surface area contributed by atoms with Crippen LogP contribution in [-0.4, -0.2) is 29.4 Å². The SMILES string of the molecule is O=C(O)c1ccc2ccccc2c1OCCCCCCO. The number of rotatable bonds is 8. The maximum atomic E-state index is 11.3. The Morgan fingerprint density at radius 1 is 1.00 bits per heavy atom. The number of fused-ring (bicyclic) bond motifs is 1. The maximum Gasteiger partial charge on any atom is 0.339 e. The van der Waals surface area contributed by atoms with E-state index in [0.717, 1.165) is 36.5 Å². The van der Waals surface area contributed by atoms with E-state index in [-0.39, 0.29) is 12.2 Å². The first kappa shape index (κ1) is 15.3. The number of aromatic carboxylic acids is 1. The first-order valence-electron chi connectivity index (χ1n) is 7.22. The molecule has 0 aliphatic carbocycles. The highest BCUT2D eigenvalue weighted by Crippen LogP contribution is 2.30. The van der Waals surface area contributed by atoms with Gasteiger partial charge < -0.3 is 14.9 Å². The van der Waals surface area contributed by atoms with Gasteiger partial charge in [0.05, 0.1) is 6.61 Å². The van der Waals surface area contributed by atoms with E-state index in [2.05, 4.69) is 0 Å². The smallest absolute Gasteiger partial charge is 0.339 e. The molecule has 4 heteroatoms. The first-order valence-corrected chi connectivity index (χ1v) is 7.22. The van der Waals surface area contributed by atoms with Gasteiger partial charge in [-0.2, -0.15) is 0 Å². The van der Waals surface area contributed by atoms with Crippen molar-refractivity contribution in [2.75, 3.05) is 13.2 Å². The van der Waals surface area contributed by atoms with Crippen molar-refractivity contribution in [3.05, 3.63) is 42.0 Å². The summed E-state index contributed by atoms with van der Waals surface area (Å²) in [5.74, 6) is -0.529. The van der Waals surface area contributed by atoms with Crippen molar-refractivity contribution in [1.29, 1.82) is 0 Å². The summed E-state index contributed by atoms with van der Waals surface area (Å²) < 4.78 is 5.75. The van der Waals surface area contributed by atoms with Gasteiger partial charge in [0, 0.05) is 12.0 Å². The number of aliphatic hydroxyl groups is 1. The Balaban J connectivity index is 2.12. The summed E-state index contributed by atoms with van der Waals surface area (Å²) in [6.45, 7) is 0.701. The molecule has 0 unspecified atom stereocenters. The number of benzene rings is 2. The molecule has 0 radical (unpaired) electrons. The fourth-order valence-corrected chi connectivity index (χ4v) is 2.31. The van der Waals surface area contributed by atoms with Gasteiger partial charge in [-0.1, -0.05) is 36.8 Å². The Bertz CT molecular complexity index is 607. The minimum atomic E-state index is -0.976. The van der Waals surface area contributed by atoms with E-state index >= 15 is 0 Å². The Labute approximate surface area is 124 Å². The van der Waals surface area contributed by atoms with E-state index in [1.807, 2.05) is 24.3 Å². The van der Waals surface area contributed by atoms with E-state index in [1.54, 1.807) is 12.1 Å². The topological polar surface area (TPSA) is 66.8 Å². The van der Waals surface area contributed by atoms with E-state index < -0.39 is 5.97 Å². The average Bonchev–Trinajstić information content (AvgIpc) is 2.50. The predicted molar refractivity (Wildman–Crippen MR) is 82.0 cm³/mol. The Kier molecular flexibility index (Phi) is 5.58. The molecule has 0 amide bonds. The van der Waals surface area contributed by atoms with Crippen LogP contribution in [0.15, 0.2) is 36.4 Å². The minimum absolute atomic E-state index is 0.198. The fraction of sp³-hybridized carbons (Fsp3) is 0.353. The van der Waals surface area contributed by atoms with Gasteiger partial charge in [-0.25, -0.2) is 4.79 Å². The standard InChI is InChI=1S/C17H20O4/c18-11-5-1-2-6-12-21-16-14-8-4-3-7-13(14)9-10-15(16)17(19)20/h3-4,7-10,18H,1-2,5-6,11-12H2,(H,19,20). The molecule has 2 N–H and O–H groups in total. The van der Waals surface area contributed by atoms with Crippen LogP contribution in [0.5, 0.6) is 5.75 Å². The van der Waals surface area contributed by atoms with Crippen molar-refractivity contribution >= 4 is 16.7 Å². The van der Waals surface area contributed by atoms with Gasteiger partial charge in [-0.15, -0.1) is 0 Å². The number of ether oxygens (including phenoxy) is 1. The molecular formula is C17H20O4. The number of carboxylic acid groups (broad SMARTS) is 1. The van der Waals surface area contributed by atoms with E-state index in [1.165, 1.54) is 0 Å². The Morgan fingerprint density at radius 2 is 1.76 bits per heavy atom. The molecule has 2 aromatic carbocycles. The van der Waals surface area contributed by atoms with Crippen LogP contribution in [-0.2, 0) is 0 Å². The largest absolute Gasteiger partial charge is 0.492 e. The third kappa shape index (κ3) is 3.95. The summed E-state index contributed by atoms with van der Waals surface area (Å²) in [5.41, 5.74) is 0.198. The number of carbonyl (C=O) groups is 1. The maximum absolute atomic E-state index is 11.3. The van der Waals surface area contributed by atoms with Crippen molar-refractivity contribution in [3.8, 4) is 5.75 Å². The third-order valence-corrected chi connectivity index (χ3v) is 3.41. The molecule has 2 aromatic rings. The van der Waals surface area contributed by atoms with Gasteiger partial charge in [-0.3, -0.25) is 0 Å². The van der Waals surface area contributed by atoms with E-state index in [0.29, 0.717) is 12.4 Å². The summed E-state index contributed by atoms with van der Waals surface area (Å²) >= 11 is 0. The van der Waals surface area contributed by atoms with Gasteiger partial charge in [0.15, 0.2) is 0 Å². The van der Waals surface area contributed by atoms with Crippen LogP contribution in [0.4, 0.5) is 0 Å². The van der Waals surface area contributed by atoms with Gasteiger partial charge in [-0.05, 0) is 30.7 Å². The molecule has 21 heavy (non-hydrogen) atoms. The molecule has 112 valence electrons. The number of unbranched alkanes of at least 4 members (excludes halogenated alkanes) is 3. The van der Waals surface area contributed by atoms with E-state index in [4.69, 9.17) is 9.84 Å². The van der Waals surface area contributed by atoms with Crippen molar-refractivity contribution < 1.29 is 19.7 Å². The quantitative estimate of drug-likeness (QED) is 0.730.